The topological polar surface area (TPSA) is 75.2 Å². The van der Waals surface area contributed by atoms with E-state index in [4.69, 9.17) is 15.2 Å². The van der Waals surface area contributed by atoms with Crippen LogP contribution >= 0.6 is 15.9 Å². The molecule has 7 heteroatoms. The minimum Gasteiger partial charge on any atom is -0.493 e. The average Bonchev–Trinajstić information content (AvgIpc) is 2.82. The van der Waals surface area contributed by atoms with Crippen molar-refractivity contribution in [2.45, 2.75) is 26.0 Å². The second kappa shape index (κ2) is 6.91. The summed E-state index contributed by atoms with van der Waals surface area (Å²) in [5, 5.41) is 4.01. The first kappa shape index (κ1) is 15.8. The molecule has 6 nitrogen and oxygen atoms in total. The molecule has 0 spiro atoms. The standard InChI is InChI=1S/C14H19BrN4O2/c1-9(16)4-10-5-11(15)14(12(6-10)20-3)21-7-13-17-8-18-19(13)2/h5-6,8-9H,4,7,16H2,1-3H3. The predicted octanol–water partition coefficient (Wildman–Crippen LogP) is 2.05. The SMILES string of the molecule is COc1cc(CC(C)N)cc(Br)c1OCc1ncnn1C. The lowest BCUT2D eigenvalue weighted by atomic mass is 10.1. The van der Waals surface area contributed by atoms with Gasteiger partial charge in [0.25, 0.3) is 0 Å². The highest BCUT2D eigenvalue weighted by Crippen LogP contribution is 2.37. The minimum absolute atomic E-state index is 0.0898. The molecule has 21 heavy (non-hydrogen) atoms. The quantitative estimate of drug-likeness (QED) is 0.859. The molecular weight excluding hydrogens is 336 g/mol. The van der Waals surface area contributed by atoms with Gasteiger partial charge < -0.3 is 15.2 Å². The van der Waals surface area contributed by atoms with Gasteiger partial charge in [-0.25, -0.2) is 4.98 Å². The summed E-state index contributed by atoms with van der Waals surface area (Å²) in [4.78, 5) is 4.13. The number of benzene rings is 1. The van der Waals surface area contributed by atoms with E-state index in [1.54, 1.807) is 11.8 Å². The summed E-state index contributed by atoms with van der Waals surface area (Å²) in [6.45, 7) is 2.29. The molecule has 0 saturated carbocycles. The van der Waals surface area contributed by atoms with Gasteiger partial charge in [0.05, 0.1) is 11.6 Å². The fourth-order valence-corrected chi connectivity index (χ4v) is 2.59. The summed E-state index contributed by atoms with van der Waals surface area (Å²) in [7, 11) is 3.44. The number of aryl methyl sites for hydroxylation is 1. The number of methoxy groups -OCH3 is 1. The molecule has 114 valence electrons. The monoisotopic (exact) mass is 354 g/mol. The molecule has 0 amide bonds. The van der Waals surface area contributed by atoms with E-state index < -0.39 is 0 Å². The van der Waals surface area contributed by atoms with Crippen LogP contribution in [0.2, 0.25) is 0 Å². The smallest absolute Gasteiger partial charge is 0.176 e. The van der Waals surface area contributed by atoms with Crippen molar-refractivity contribution in [1.29, 1.82) is 0 Å². The summed E-state index contributed by atoms with van der Waals surface area (Å²) in [5.41, 5.74) is 6.94. The normalized spacial score (nSPS) is 12.2. The zero-order chi connectivity index (χ0) is 15.4. The van der Waals surface area contributed by atoms with E-state index in [1.807, 2.05) is 26.1 Å². The van der Waals surface area contributed by atoms with Gasteiger partial charge in [0, 0.05) is 13.1 Å². The van der Waals surface area contributed by atoms with Gasteiger partial charge in [-0.05, 0) is 47.0 Å². The van der Waals surface area contributed by atoms with Crippen LogP contribution in [0.3, 0.4) is 0 Å². The maximum atomic E-state index is 5.84. The van der Waals surface area contributed by atoms with Gasteiger partial charge in [0.15, 0.2) is 17.3 Å². The molecule has 2 rings (SSSR count). The van der Waals surface area contributed by atoms with E-state index in [0.717, 1.165) is 22.3 Å². The number of rotatable bonds is 6. The van der Waals surface area contributed by atoms with Crippen LogP contribution in [0.25, 0.3) is 0 Å². The van der Waals surface area contributed by atoms with Crippen LogP contribution in [0.4, 0.5) is 0 Å². The first-order valence-corrected chi connectivity index (χ1v) is 7.38. The Morgan fingerprint density at radius 3 is 2.76 bits per heavy atom. The second-order valence-electron chi connectivity index (χ2n) is 4.88. The fraction of sp³-hybridized carbons (Fsp3) is 0.429. The van der Waals surface area contributed by atoms with Gasteiger partial charge in [-0.2, -0.15) is 5.10 Å². The molecule has 0 radical (unpaired) electrons. The van der Waals surface area contributed by atoms with E-state index in [2.05, 4.69) is 26.0 Å². The van der Waals surface area contributed by atoms with Gasteiger partial charge in [-0.15, -0.1) is 0 Å². The first-order valence-electron chi connectivity index (χ1n) is 6.59. The molecule has 1 atom stereocenters. The fourth-order valence-electron chi connectivity index (χ4n) is 1.99. The summed E-state index contributed by atoms with van der Waals surface area (Å²) < 4.78 is 13.7. The zero-order valence-corrected chi connectivity index (χ0v) is 13.9. The molecule has 0 aliphatic carbocycles. The van der Waals surface area contributed by atoms with E-state index in [-0.39, 0.29) is 6.04 Å². The molecule has 2 N–H and O–H groups in total. The number of hydrogen-bond acceptors (Lipinski definition) is 5. The Labute approximate surface area is 132 Å². The Morgan fingerprint density at radius 1 is 1.43 bits per heavy atom. The van der Waals surface area contributed by atoms with Crippen molar-refractivity contribution < 1.29 is 9.47 Å². The molecule has 0 aliphatic heterocycles. The van der Waals surface area contributed by atoms with Crippen LogP contribution in [0.15, 0.2) is 22.9 Å². The van der Waals surface area contributed by atoms with Gasteiger partial charge in [-0.3, -0.25) is 4.68 Å². The van der Waals surface area contributed by atoms with Crippen LogP contribution in [-0.2, 0) is 20.1 Å². The molecule has 0 fully saturated rings. The van der Waals surface area contributed by atoms with Crippen LogP contribution < -0.4 is 15.2 Å². The van der Waals surface area contributed by atoms with Gasteiger partial charge >= 0.3 is 0 Å². The van der Waals surface area contributed by atoms with E-state index >= 15 is 0 Å². The number of nitrogens with zero attached hydrogens (tertiary/aromatic N) is 3. The molecular formula is C14H19BrN4O2. The first-order chi connectivity index (χ1) is 10.0. The summed E-state index contributed by atoms with van der Waals surface area (Å²) in [6, 6.07) is 4.03. The molecule has 1 aromatic heterocycles. The summed E-state index contributed by atoms with van der Waals surface area (Å²) in [5.74, 6) is 2.06. The van der Waals surface area contributed by atoms with Crippen molar-refractivity contribution in [3.05, 3.63) is 34.3 Å². The third-order valence-corrected chi connectivity index (χ3v) is 3.59. The Bertz CT molecular complexity index is 613. The molecule has 1 heterocycles. The third-order valence-electron chi connectivity index (χ3n) is 3.00. The van der Waals surface area contributed by atoms with Crippen molar-refractivity contribution in [3.8, 4) is 11.5 Å². The lowest BCUT2D eigenvalue weighted by molar-refractivity contribution is 0.269. The Hall–Kier alpha value is -1.60. The summed E-state index contributed by atoms with van der Waals surface area (Å²) in [6.07, 6.45) is 2.27. The second-order valence-corrected chi connectivity index (χ2v) is 5.73. The maximum Gasteiger partial charge on any atom is 0.176 e. The van der Waals surface area contributed by atoms with Crippen molar-refractivity contribution in [2.24, 2.45) is 12.8 Å². The summed E-state index contributed by atoms with van der Waals surface area (Å²) >= 11 is 3.52. The molecule has 1 aromatic carbocycles. The minimum atomic E-state index is 0.0898. The van der Waals surface area contributed by atoms with Gasteiger partial charge in [0.1, 0.15) is 12.9 Å². The number of halogens is 1. The molecule has 0 saturated heterocycles. The van der Waals surface area contributed by atoms with Crippen molar-refractivity contribution in [1.82, 2.24) is 14.8 Å². The number of aromatic nitrogens is 3. The van der Waals surface area contributed by atoms with Crippen molar-refractivity contribution in [2.75, 3.05) is 7.11 Å². The number of ether oxygens (including phenoxy) is 2. The van der Waals surface area contributed by atoms with E-state index in [1.165, 1.54) is 6.33 Å². The Kier molecular flexibility index (Phi) is 5.19. The number of hydrogen-bond donors (Lipinski definition) is 1. The highest BCUT2D eigenvalue weighted by molar-refractivity contribution is 9.10. The molecule has 0 bridgehead atoms. The van der Waals surface area contributed by atoms with Crippen LogP contribution in [-0.4, -0.2) is 27.9 Å². The lowest BCUT2D eigenvalue weighted by Crippen LogP contribution is -2.17. The van der Waals surface area contributed by atoms with Crippen molar-refractivity contribution in [3.63, 3.8) is 0 Å². The van der Waals surface area contributed by atoms with Crippen LogP contribution in [0.1, 0.15) is 18.3 Å². The van der Waals surface area contributed by atoms with Crippen LogP contribution in [0.5, 0.6) is 11.5 Å². The Balaban J connectivity index is 2.20. The molecule has 0 aliphatic rings. The van der Waals surface area contributed by atoms with E-state index in [9.17, 15) is 0 Å². The highest BCUT2D eigenvalue weighted by Gasteiger charge is 2.13. The van der Waals surface area contributed by atoms with E-state index in [0.29, 0.717) is 18.1 Å². The lowest BCUT2D eigenvalue weighted by Gasteiger charge is -2.15. The van der Waals surface area contributed by atoms with Crippen LogP contribution in [0, 0.1) is 0 Å². The third kappa shape index (κ3) is 3.95. The number of nitrogens with two attached hydrogens (primary N) is 1. The van der Waals surface area contributed by atoms with Crippen molar-refractivity contribution >= 4 is 15.9 Å². The Morgan fingerprint density at radius 2 is 2.19 bits per heavy atom. The van der Waals surface area contributed by atoms with Gasteiger partial charge in [0.2, 0.25) is 0 Å². The maximum absolute atomic E-state index is 5.84. The molecule has 2 aromatic rings. The highest BCUT2D eigenvalue weighted by atomic mass is 79.9. The largest absolute Gasteiger partial charge is 0.493 e. The average molecular weight is 355 g/mol. The zero-order valence-electron chi connectivity index (χ0n) is 12.3. The van der Waals surface area contributed by atoms with Gasteiger partial charge in [-0.1, -0.05) is 0 Å². The molecule has 1 unspecified atom stereocenters. The predicted molar refractivity (Wildman–Crippen MR) is 83.4 cm³/mol.